The molecule has 0 saturated carbocycles. The van der Waals surface area contributed by atoms with Crippen LogP contribution in [0.15, 0.2) is 24.3 Å². The minimum absolute atomic E-state index is 0.225. The van der Waals surface area contributed by atoms with E-state index in [9.17, 15) is 9.90 Å². The van der Waals surface area contributed by atoms with Crippen LogP contribution in [-0.4, -0.2) is 52.9 Å². The molecule has 110 valence electrons. The summed E-state index contributed by atoms with van der Waals surface area (Å²) in [6.07, 6.45) is 1.83. The lowest BCUT2D eigenvalue weighted by molar-refractivity contribution is -0.0183. The van der Waals surface area contributed by atoms with Crippen LogP contribution in [0.25, 0.3) is 0 Å². The first-order chi connectivity index (χ1) is 9.46. The van der Waals surface area contributed by atoms with Gasteiger partial charge in [0.25, 0.3) is 0 Å². The van der Waals surface area contributed by atoms with Crippen LogP contribution in [0.3, 0.4) is 0 Å². The van der Waals surface area contributed by atoms with Crippen molar-refractivity contribution in [3.8, 4) is 5.75 Å². The lowest BCUT2D eigenvalue weighted by atomic mass is 9.95. The molecule has 5 heteroatoms. The van der Waals surface area contributed by atoms with Crippen LogP contribution >= 0.6 is 0 Å². The molecular formula is C15H21NO4. The van der Waals surface area contributed by atoms with E-state index in [1.165, 1.54) is 12.1 Å². The van der Waals surface area contributed by atoms with Gasteiger partial charge in [-0.05, 0) is 44.5 Å². The van der Waals surface area contributed by atoms with Gasteiger partial charge in [-0.2, -0.15) is 0 Å². The van der Waals surface area contributed by atoms with Crippen molar-refractivity contribution in [1.29, 1.82) is 0 Å². The molecule has 0 radical (unpaired) electrons. The van der Waals surface area contributed by atoms with E-state index in [1.807, 2.05) is 6.92 Å². The third-order valence-corrected chi connectivity index (χ3v) is 3.51. The zero-order valence-electron chi connectivity index (χ0n) is 11.7. The van der Waals surface area contributed by atoms with Gasteiger partial charge in [0.1, 0.15) is 12.4 Å². The Balaban J connectivity index is 1.81. The van der Waals surface area contributed by atoms with Gasteiger partial charge in [-0.25, -0.2) is 4.79 Å². The molecule has 20 heavy (non-hydrogen) atoms. The summed E-state index contributed by atoms with van der Waals surface area (Å²) in [6, 6.07) is 6.48. The first-order valence-electron chi connectivity index (χ1n) is 6.87. The summed E-state index contributed by atoms with van der Waals surface area (Å²) in [5.41, 5.74) is -0.384. The van der Waals surface area contributed by atoms with Gasteiger partial charge in [-0.15, -0.1) is 0 Å². The van der Waals surface area contributed by atoms with Crippen LogP contribution in [0, 0.1) is 0 Å². The SMILES string of the molecule is CC1(O)CCCN(CCOc2cccc(C(=O)O)c2)C1. The summed E-state index contributed by atoms with van der Waals surface area (Å²) in [4.78, 5) is 13.0. The molecule has 1 saturated heterocycles. The van der Waals surface area contributed by atoms with E-state index >= 15 is 0 Å². The predicted molar refractivity (Wildman–Crippen MR) is 75.2 cm³/mol. The third kappa shape index (κ3) is 4.21. The normalized spacial score (nSPS) is 23.5. The summed E-state index contributed by atoms with van der Waals surface area (Å²) in [5.74, 6) is -0.392. The summed E-state index contributed by atoms with van der Waals surface area (Å²) >= 11 is 0. The van der Waals surface area contributed by atoms with E-state index in [1.54, 1.807) is 12.1 Å². The molecule has 1 heterocycles. The Morgan fingerprint density at radius 2 is 2.30 bits per heavy atom. The lowest BCUT2D eigenvalue weighted by Crippen LogP contribution is -2.47. The number of carboxylic acid groups (broad SMARTS) is 1. The average Bonchev–Trinajstić information content (AvgIpc) is 2.38. The Morgan fingerprint density at radius 1 is 1.50 bits per heavy atom. The summed E-state index contributed by atoms with van der Waals surface area (Å²) < 4.78 is 5.58. The predicted octanol–water partition coefficient (Wildman–Crippen LogP) is 1.61. The van der Waals surface area contributed by atoms with Crippen molar-refractivity contribution in [2.75, 3.05) is 26.2 Å². The second-order valence-electron chi connectivity index (χ2n) is 5.56. The topological polar surface area (TPSA) is 70.0 Å². The molecule has 0 aliphatic carbocycles. The number of nitrogens with zero attached hydrogens (tertiary/aromatic N) is 1. The number of hydrogen-bond acceptors (Lipinski definition) is 4. The highest BCUT2D eigenvalue weighted by atomic mass is 16.5. The molecule has 1 aliphatic rings. The quantitative estimate of drug-likeness (QED) is 0.857. The molecule has 0 bridgehead atoms. The fourth-order valence-electron chi connectivity index (χ4n) is 2.53. The molecule has 5 nitrogen and oxygen atoms in total. The molecule has 1 aromatic carbocycles. The Bertz CT molecular complexity index is 473. The highest BCUT2D eigenvalue weighted by Gasteiger charge is 2.27. The largest absolute Gasteiger partial charge is 0.492 e. The van der Waals surface area contributed by atoms with Crippen LogP contribution < -0.4 is 4.74 Å². The maximum absolute atomic E-state index is 10.9. The summed E-state index contributed by atoms with van der Waals surface area (Å²) in [7, 11) is 0. The van der Waals surface area contributed by atoms with Crippen molar-refractivity contribution in [1.82, 2.24) is 4.90 Å². The van der Waals surface area contributed by atoms with E-state index in [2.05, 4.69) is 4.90 Å². The minimum Gasteiger partial charge on any atom is -0.492 e. The Hall–Kier alpha value is -1.59. The Morgan fingerprint density at radius 3 is 3.00 bits per heavy atom. The number of hydrogen-bond donors (Lipinski definition) is 2. The van der Waals surface area contributed by atoms with Gasteiger partial charge in [0, 0.05) is 13.1 Å². The van der Waals surface area contributed by atoms with Gasteiger partial charge < -0.3 is 14.9 Å². The van der Waals surface area contributed by atoms with Crippen molar-refractivity contribution in [2.24, 2.45) is 0 Å². The molecule has 2 rings (SSSR count). The van der Waals surface area contributed by atoms with Gasteiger partial charge in [0.2, 0.25) is 0 Å². The number of rotatable bonds is 5. The molecule has 2 N–H and O–H groups in total. The number of carboxylic acids is 1. The highest BCUT2D eigenvalue weighted by Crippen LogP contribution is 2.20. The maximum atomic E-state index is 10.9. The monoisotopic (exact) mass is 279 g/mol. The zero-order chi connectivity index (χ0) is 14.6. The molecule has 0 spiro atoms. The number of benzene rings is 1. The second-order valence-corrected chi connectivity index (χ2v) is 5.56. The van der Waals surface area contributed by atoms with Gasteiger partial charge >= 0.3 is 5.97 Å². The van der Waals surface area contributed by atoms with Crippen LogP contribution in [-0.2, 0) is 0 Å². The van der Waals surface area contributed by atoms with Crippen molar-refractivity contribution < 1.29 is 19.7 Å². The third-order valence-electron chi connectivity index (χ3n) is 3.51. The van der Waals surface area contributed by atoms with Crippen molar-refractivity contribution in [3.05, 3.63) is 29.8 Å². The summed E-state index contributed by atoms with van der Waals surface area (Å²) in [5, 5.41) is 18.9. The maximum Gasteiger partial charge on any atom is 0.335 e. The highest BCUT2D eigenvalue weighted by molar-refractivity contribution is 5.87. The lowest BCUT2D eigenvalue weighted by Gasteiger charge is -2.36. The summed E-state index contributed by atoms with van der Waals surface area (Å²) in [6.45, 7) is 4.70. The average molecular weight is 279 g/mol. The van der Waals surface area contributed by atoms with E-state index in [-0.39, 0.29) is 5.56 Å². The number of aliphatic hydroxyl groups is 1. The van der Waals surface area contributed by atoms with Gasteiger partial charge in [0.05, 0.1) is 11.2 Å². The molecule has 1 aliphatic heterocycles. The standard InChI is InChI=1S/C15H21NO4/c1-15(19)6-3-7-16(11-15)8-9-20-13-5-2-4-12(10-13)14(17)18/h2,4-5,10,19H,3,6-9,11H2,1H3,(H,17,18). The molecule has 0 aromatic heterocycles. The zero-order valence-corrected chi connectivity index (χ0v) is 11.7. The van der Waals surface area contributed by atoms with Crippen molar-refractivity contribution in [2.45, 2.75) is 25.4 Å². The molecule has 0 amide bonds. The van der Waals surface area contributed by atoms with Crippen LogP contribution in [0.4, 0.5) is 0 Å². The van der Waals surface area contributed by atoms with Gasteiger partial charge in [-0.1, -0.05) is 6.07 Å². The smallest absolute Gasteiger partial charge is 0.335 e. The molecule has 1 atom stereocenters. The first kappa shape index (κ1) is 14.8. The first-order valence-corrected chi connectivity index (χ1v) is 6.87. The minimum atomic E-state index is -0.956. The number of β-amino-alcohol motifs (C(OH)–C–C–N with tert-alkyl or cyclic N) is 1. The molecule has 1 fully saturated rings. The Labute approximate surface area is 118 Å². The fraction of sp³-hybridized carbons (Fsp3) is 0.533. The number of ether oxygens (including phenoxy) is 1. The number of aromatic carboxylic acids is 1. The number of piperidine rings is 1. The molecule has 1 aromatic rings. The molecule has 1 unspecified atom stereocenters. The second kappa shape index (κ2) is 6.24. The van der Waals surface area contributed by atoms with E-state index < -0.39 is 11.6 Å². The van der Waals surface area contributed by atoms with Gasteiger partial charge in [-0.3, -0.25) is 4.90 Å². The van der Waals surface area contributed by atoms with E-state index in [4.69, 9.17) is 9.84 Å². The Kier molecular flexibility index (Phi) is 4.62. The van der Waals surface area contributed by atoms with Crippen LogP contribution in [0.2, 0.25) is 0 Å². The van der Waals surface area contributed by atoms with E-state index in [0.29, 0.717) is 18.9 Å². The van der Waals surface area contributed by atoms with Crippen molar-refractivity contribution >= 4 is 5.97 Å². The molecular weight excluding hydrogens is 258 g/mol. The van der Waals surface area contributed by atoms with Crippen molar-refractivity contribution in [3.63, 3.8) is 0 Å². The van der Waals surface area contributed by atoms with Crippen LogP contribution in [0.5, 0.6) is 5.75 Å². The van der Waals surface area contributed by atoms with E-state index in [0.717, 1.165) is 25.9 Å². The fourth-order valence-corrected chi connectivity index (χ4v) is 2.53. The van der Waals surface area contributed by atoms with Crippen LogP contribution in [0.1, 0.15) is 30.1 Å². The number of likely N-dealkylation sites (tertiary alicyclic amines) is 1. The van der Waals surface area contributed by atoms with Gasteiger partial charge in [0.15, 0.2) is 0 Å². The number of carbonyl (C=O) groups is 1.